The molecule has 0 atom stereocenters. The maximum absolute atomic E-state index is 6.78. The zero-order chi connectivity index (χ0) is 42.4. The van der Waals surface area contributed by atoms with Gasteiger partial charge in [0.2, 0.25) is 0 Å². The number of fused-ring (bicyclic) bond motifs is 7. The van der Waals surface area contributed by atoms with Crippen molar-refractivity contribution < 1.29 is 18.3 Å². The summed E-state index contributed by atoms with van der Waals surface area (Å²) in [7, 11) is 0. The van der Waals surface area contributed by atoms with Crippen LogP contribution in [0.2, 0.25) is 0 Å². The summed E-state index contributed by atoms with van der Waals surface area (Å²) in [4.78, 5) is 4.44. The highest BCUT2D eigenvalue weighted by atomic mass is 16.5. The minimum absolute atomic E-state index is 0.696. The maximum Gasteiger partial charge on any atom is 0.159 e. The monoisotopic (exact) mass is 826 g/mol. The van der Waals surface area contributed by atoms with Gasteiger partial charge in [0.25, 0.3) is 0 Å². The first kappa shape index (κ1) is 37.1. The average molecular weight is 827 g/mol. The Kier molecular flexibility index (Phi) is 9.05. The van der Waals surface area contributed by atoms with E-state index >= 15 is 0 Å². The lowest BCUT2D eigenvalue weighted by atomic mass is 10.1. The Bertz CT molecular complexity index is 3410. The van der Waals surface area contributed by atoms with Gasteiger partial charge in [0.05, 0.1) is 11.4 Å². The van der Waals surface area contributed by atoms with Gasteiger partial charge in [-0.15, -0.1) is 0 Å². The molecule has 0 saturated heterocycles. The number of anilines is 6. The van der Waals surface area contributed by atoms with Crippen LogP contribution in [0.1, 0.15) is 0 Å². The van der Waals surface area contributed by atoms with Crippen molar-refractivity contribution in [2.24, 2.45) is 0 Å². The smallest absolute Gasteiger partial charge is 0.159 e. The SMILES string of the molecule is c1ccc(N(c2cccc(Oc3cccc4c(Oc5cccc(N(c6ccccc6)c6cccc7c6oc6ccccc67)c5)cccc34)c2)c2cccc3c2oc2ccccc23)cc1. The molecule has 10 aromatic carbocycles. The summed E-state index contributed by atoms with van der Waals surface area (Å²) in [5.74, 6) is 2.83. The normalized spacial score (nSPS) is 11.4. The number of para-hydroxylation sites is 6. The fourth-order valence-corrected chi connectivity index (χ4v) is 8.88. The Hall–Kier alpha value is -8.74. The third-order valence-corrected chi connectivity index (χ3v) is 11.7. The molecule has 64 heavy (non-hydrogen) atoms. The zero-order valence-electron chi connectivity index (χ0n) is 34.5. The lowest BCUT2D eigenvalue weighted by molar-refractivity contribution is 0.483. The Morgan fingerprint density at radius 2 is 0.641 bits per heavy atom. The van der Waals surface area contributed by atoms with Crippen molar-refractivity contribution >= 4 is 88.8 Å². The van der Waals surface area contributed by atoms with Crippen LogP contribution >= 0.6 is 0 Å². The van der Waals surface area contributed by atoms with Crippen LogP contribution in [0, 0.1) is 0 Å². The van der Waals surface area contributed by atoms with E-state index in [0.29, 0.717) is 23.0 Å². The molecule has 0 N–H and O–H groups in total. The van der Waals surface area contributed by atoms with E-state index in [4.69, 9.17) is 18.3 Å². The molecule has 12 rings (SSSR count). The lowest BCUT2D eigenvalue weighted by Gasteiger charge is -2.26. The molecule has 0 amide bonds. The molecule has 12 aromatic rings. The Labute approximate surface area is 369 Å². The average Bonchev–Trinajstić information content (AvgIpc) is 3.93. The zero-order valence-corrected chi connectivity index (χ0v) is 34.5. The van der Waals surface area contributed by atoms with Gasteiger partial charge in [0.1, 0.15) is 34.2 Å². The van der Waals surface area contributed by atoms with Gasteiger partial charge in [-0.1, -0.05) is 133 Å². The summed E-state index contributed by atoms with van der Waals surface area (Å²) >= 11 is 0. The molecule has 0 spiro atoms. The maximum atomic E-state index is 6.78. The standard InChI is InChI=1S/C58H38N2O4/c1-3-17-39(18-4-1)59(51-31-13-29-49-47-25-7-9-33-55(47)63-57(49)51)41-21-11-23-43(37-41)61-53-35-15-28-46-45(53)27-16-36-54(46)62-44-24-12-22-42(38-44)60(40-19-5-2-6-20-40)52-32-14-30-50-48-26-8-10-34-56(48)64-58(50)52/h1-38H. The van der Waals surface area contributed by atoms with E-state index in [0.717, 1.165) is 88.8 Å². The molecule has 6 heteroatoms. The predicted octanol–water partition coefficient (Wildman–Crippen LogP) is 17.2. The molecular formula is C58H38N2O4. The first-order chi connectivity index (χ1) is 31.7. The molecule has 0 saturated carbocycles. The molecule has 0 unspecified atom stereocenters. The highest BCUT2D eigenvalue weighted by molar-refractivity contribution is 6.11. The Balaban J connectivity index is 0.888. The van der Waals surface area contributed by atoms with Crippen molar-refractivity contribution in [3.05, 3.63) is 231 Å². The second-order valence-corrected chi connectivity index (χ2v) is 15.7. The first-order valence-electron chi connectivity index (χ1n) is 21.3. The summed E-state index contributed by atoms with van der Waals surface area (Å²) in [5, 5.41) is 6.16. The number of hydrogen-bond acceptors (Lipinski definition) is 6. The van der Waals surface area contributed by atoms with E-state index in [1.54, 1.807) is 0 Å². The second-order valence-electron chi connectivity index (χ2n) is 15.7. The number of benzene rings is 10. The topological polar surface area (TPSA) is 51.2 Å². The number of rotatable bonds is 10. The van der Waals surface area contributed by atoms with Gasteiger partial charge in [-0.25, -0.2) is 0 Å². The van der Waals surface area contributed by atoms with Crippen molar-refractivity contribution in [3.63, 3.8) is 0 Å². The molecule has 304 valence electrons. The van der Waals surface area contributed by atoms with Crippen molar-refractivity contribution in [2.75, 3.05) is 9.80 Å². The Morgan fingerprint density at radius 3 is 1.11 bits per heavy atom. The van der Waals surface area contributed by atoms with E-state index in [1.165, 1.54) is 0 Å². The van der Waals surface area contributed by atoms with E-state index in [9.17, 15) is 0 Å². The van der Waals surface area contributed by atoms with Gasteiger partial charge in [0.15, 0.2) is 11.2 Å². The van der Waals surface area contributed by atoms with Crippen LogP contribution in [0.4, 0.5) is 34.1 Å². The van der Waals surface area contributed by atoms with Crippen LogP contribution in [0.15, 0.2) is 239 Å². The van der Waals surface area contributed by atoms with E-state index in [1.807, 2.05) is 97.1 Å². The second kappa shape index (κ2) is 15.6. The summed E-state index contributed by atoms with van der Waals surface area (Å²) in [5.41, 5.74) is 9.09. The third kappa shape index (κ3) is 6.53. The highest BCUT2D eigenvalue weighted by Crippen LogP contribution is 2.46. The molecule has 6 nitrogen and oxygen atoms in total. The minimum atomic E-state index is 0.696. The van der Waals surface area contributed by atoms with Gasteiger partial charge < -0.3 is 28.1 Å². The van der Waals surface area contributed by atoms with Crippen LogP contribution in [-0.2, 0) is 0 Å². The van der Waals surface area contributed by atoms with Crippen molar-refractivity contribution in [3.8, 4) is 23.0 Å². The van der Waals surface area contributed by atoms with Crippen LogP contribution in [0.3, 0.4) is 0 Å². The van der Waals surface area contributed by atoms with Crippen LogP contribution in [0.5, 0.6) is 23.0 Å². The minimum Gasteiger partial charge on any atom is -0.457 e. The summed E-state index contributed by atoms with van der Waals surface area (Å²) in [6.45, 7) is 0. The third-order valence-electron chi connectivity index (χ3n) is 11.7. The molecule has 0 bridgehead atoms. The molecular weight excluding hydrogens is 789 g/mol. The van der Waals surface area contributed by atoms with Crippen molar-refractivity contribution in [1.82, 2.24) is 0 Å². The molecule has 0 fully saturated rings. The summed E-state index contributed by atoms with van der Waals surface area (Å²) in [6.07, 6.45) is 0. The lowest BCUT2D eigenvalue weighted by Crippen LogP contribution is -2.10. The van der Waals surface area contributed by atoms with Gasteiger partial charge >= 0.3 is 0 Å². The fraction of sp³-hybridized carbons (Fsp3) is 0. The molecule has 2 aromatic heterocycles. The highest BCUT2D eigenvalue weighted by Gasteiger charge is 2.22. The number of furan rings is 2. The molecule has 0 aliphatic heterocycles. The Morgan fingerprint density at radius 1 is 0.281 bits per heavy atom. The molecule has 0 radical (unpaired) electrons. The quantitative estimate of drug-likeness (QED) is 0.137. The number of nitrogens with zero attached hydrogens (tertiary/aromatic N) is 2. The van der Waals surface area contributed by atoms with Crippen LogP contribution in [0.25, 0.3) is 54.6 Å². The van der Waals surface area contributed by atoms with Crippen LogP contribution < -0.4 is 19.3 Å². The van der Waals surface area contributed by atoms with E-state index < -0.39 is 0 Å². The predicted molar refractivity (Wildman–Crippen MR) is 261 cm³/mol. The van der Waals surface area contributed by atoms with Gasteiger partial charge in [0, 0.05) is 67.2 Å². The fourth-order valence-electron chi connectivity index (χ4n) is 8.88. The van der Waals surface area contributed by atoms with Crippen LogP contribution in [-0.4, -0.2) is 0 Å². The summed E-state index contributed by atoms with van der Waals surface area (Å²) < 4.78 is 26.6. The molecule has 0 aliphatic carbocycles. The van der Waals surface area contributed by atoms with E-state index in [2.05, 4.69) is 143 Å². The van der Waals surface area contributed by atoms with Gasteiger partial charge in [-0.2, -0.15) is 0 Å². The first-order valence-corrected chi connectivity index (χ1v) is 21.3. The largest absolute Gasteiger partial charge is 0.457 e. The number of ether oxygens (including phenoxy) is 2. The van der Waals surface area contributed by atoms with E-state index in [-0.39, 0.29) is 0 Å². The molecule has 0 aliphatic rings. The van der Waals surface area contributed by atoms with Gasteiger partial charge in [-0.05, 0) is 84.9 Å². The molecule has 2 heterocycles. The van der Waals surface area contributed by atoms with Crippen molar-refractivity contribution in [1.29, 1.82) is 0 Å². The van der Waals surface area contributed by atoms with Gasteiger partial charge in [-0.3, -0.25) is 0 Å². The number of hydrogen-bond donors (Lipinski definition) is 0. The summed E-state index contributed by atoms with van der Waals surface area (Å²) in [6, 6.07) is 78.2. The van der Waals surface area contributed by atoms with Crippen molar-refractivity contribution in [2.45, 2.75) is 0 Å².